The van der Waals surface area contributed by atoms with E-state index < -0.39 is 23.8 Å². The molecule has 1 saturated heterocycles. The first kappa shape index (κ1) is 11.2. The Morgan fingerprint density at radius 1 is 1.47 bits per heavy atom. The number of rotatable bonds is 1. The maximum Gasteiger partial charge on any atom is 0.275 e. The van der Waals surface area contributed by atoms with E-state index in [9.17, 15) is 14.4 Å². The number of carbonyl (C=O) groups is 3. The van der Waals surface area contributed by atoms with Crippen molar-refractivity contribution in [2.45, 2.75) is 13.0 Å². The smallest absolute Gasteiger partial charge is 0.275 e. The van der Waals surface area contributed by atoms with Crippen LogP contribution in [0.3, 0.4) is 0 Å². The van der Waals surface area contributed by atoms with Crippen molar-refractivity contribution in [1.82, 2.24) is 20.2 Å². The second-order valence-corrected chi connectivity index (χ2v) is 3.61. The minimum absolute atomic E-state index is 0.113. The standard InChI is InChI=1S/C10H10N4O3/c1-6-9(16)13-8(15)5-14(6)10(17)7-4-11-2-3-12-7/h2-4,6H,5H2,1H3,(H,13,15,16). The molecule has 1 aromatic rings. The Hall–Kier alpha value is -2.31. The fourth-order valence-electron chi connectivity index (χ4n) is 1.52. The molecule has 1 unspecified atom stereocenters. The van der Waals surface area contributed by atoms with Crippen LogP contribution in [0.15, 0.2) is 18.6 Å². The summed E-state index contributed by atoms with van der Waals surface area (Å²) in [5.74, 6) is -1.46. The number of imide groups is 1. The third-order valence-electron chi connectivity index (χ3n) is 2.47. The van der Waals surface area contributed by atoms with E-state index in [2.05, 4.69) is 15.3 Å². The molecule has 1 aliphatic heterocycles. The van der Waals surface area contributed by atoms with Crippen molar-refractivity contribution in [3.8, 4) is 0 Å². The summed E-state index contributed by atoms with van der Waals surface area (Å²) in [6.45, 7) is 1.40. The van der Waals surface area contributed by atoms with Crippen LogP contribution in [0.5, 0.6) is 0 Å². The summed E-state index contributed by atoms with van der Waals surface area (Å²) in [6, 6.07) is -0.692. The molecule has 1 atom stereocenters. The number of nitrogens with one attached hydrogen (secondary N) is 1. The van der Waals surface area contributed by atoms with Crippen LogP contribution in [-0.4, -0.2) is 45.2 Å². The van der Waals surface area contributed by atoms with Crippen molar-refractivity contribution in [2.75, 3.05) is 6.54 Å². The molecule has 1 aliphatic rings. The topological polar surface area (TPSA) is 92.3 Å². The van der Waals surface area contributed by atoms with Gasteiger partial charge in [-0.15, -0.1) is 0 Å². The molecule has 1 aromatic heterocycles. The predicted octanol–water partition coefficient (Wildman–Crippen LogP) is -1.04. The van der Waals surface area contributed by atoms with Crippen LogP contribution in [0.4, 0.5) is 0 Å². The third-order valence-corrected chi connectivity index (χ3v) is 2.47. The zero-order valence-corrected chi connectivity index (χ0v) is 9.08. The second kappa shape index (κ2) is 4.28. The number of aromatic nitrogens is 2. The van der Waals surface area contributed by atoms with Crippen LogP contribution in [0.25, 0.3) is 0 Å². The van der Waals surface area contributed by atoms with Gasteiger partial charge in [-0.1, -0.05) is 0 Å². The Morgan fingerprint density at radius 3 is 2.88 bits per heavy atom. The first-order valence-corrected chi connectivity index (χ1v) is 5.00. The number of amides is 3. The SMILES string of the molecule is CC1C(=O)NC(=O)CN1C(=O)c1cnccn1. The van der Waals surface area contributed by atoms with Gasteiger partial charge in [0.15, 0.2) is 0 Å². The van der Waals surface area contributed by atoms with Gasteiger partial charge < -0.3 is 4.90 Å². The van der Waals surface area contributed by atoms with Crippen molar-refractivity contribution >= 4 is 17.7 Å². The summed E-state index contributed by atoms with van der Waals surface area (Å²) < 4.78 is 0. The van der Waals surface area contributed by atoms with E-state index in [0.29, 0.717) is 0 Å². The highest BCUT2D eigenvalue weighted by Crippen LogP contribution is 2.08. The molecule has 0 radical (unpaired) electrons. The molecule has 1 fully saturated rings. The van der Waals surface area contributed by atoms with Crippen LogP contribution in [0.1, 0.15) is 17.4 Å². The Kier molecular flexibility index (Phi) is 2.82. The average molecular weight is 234 g/mol. The van der Waals surface area contributed by atoms with E-state index in [4.69, 9.17) is 0 Å². The van der Waals surface area contributed by atoms with Crippen LogP contribution >= 0.6 is 0 Å². The fraction of sp³-hybridized carbons (Fsp3) is 0.300. The number of hydrogen-bond acceptors (Lipinski definition) is 5. The lowest BCUT2D eigenvalue weighted by molar-refractivity contribution is -0.138. The van der Waals surface area contributed by atoms with Crippen molar-refractivity contribution in [1.29, 1.82) is 0 Å². The van der Waals surface area contributed by atoms with Gasteiger partial charge in [-0.2, -0.15) is 0 Å². The summed E-state index contributed by atoms with van der Waals surface area (Å²) in [4.78, 5) is 43.4. The molecule has 2 rings (SSSR count). The van der Waals surface area contributed by atoms with E-state index >= 15 is 0 Å². The highest BCUT2D eigenvalue weighted by molar-refractivity contribution is 6.06. The highest BCUT2D eigenvalue weighted by Gasteiger charge is 2.34. The Morgan fingerprint density at radius 2 is 2.24 bits per heavy atom. The van der Waals surface area contributed by atoms with Crippen molar-refractivity contribution < 1.29 is 14.4 Å². The summed E-state index contributed by atoms with van der Waals surface area (Å²) >= 11 is 0. The lowest BCUT2D eigenvalue weighted by Gasteiger charge is -2.31. The zero-order chi connectivity index (χ0) is 12.4. The van der Waals surface area contributed by atoms with Crippen molar-refractivity contribution in [3.63, 3.8) is 0 Å². The van der Waals surface area contributed by atoms with Gasteiger partial charge >= 0.3 is 0 Å². The summed E-state index contributed by atoms with van der Waals surface area (Å²) in [5, 5.41) is 2.16. The minimum atomic E-state index is -0.692. The van der Waals surface area contributed by atoms with Gasteiger partial charge in [0.25, 0.3) is 5.91 Å². The quantitative estimate of drug-likeness (QED) is 0.627. The molecule has 17 heavy (non-hydrogen) atoms. The van der Waals surface area contributed by atoms with Gasteiger partial charge in [0.1, 0.15) is 18.3 Å². The molecule has 1 N–H and O–H groups in total. The van der Waals surface area contributed by atoms with Crippen LogP contribution in [0.2, 0.25) is 0 Å². The molecule has 0 spiro atoms. The first-order valence-electron chi connectivity index (χ1n) is 5.00. The monoisotopic (exact) mass is 234 g/mol. The molecule has 0 saturated carbocycles. The van der Waals surface area contributed by atoms with Gasteiger partial charge in [0, 0.05) is 12.4 Å². The normalized spacial score (nSPS) is 20.1. The number of hydrogen-bond donors (Lipinski definition) is 1. The van der Waals surface area contributed by atoms with Gasteiger partial charge in [-0.3, -0.25) is 24.7 Å². The van der Waals surface area contributed by atoms with E-state index in [1.165, 1.54) is 23.5 Å². The lowest BCUT2D eigenvalue weighted by atomic mass is 10.2. The molecule has 0 aromatic carbocycles. The molecule has 2 heterocycles. The van der Waals surface area contributed by atoms with Crippen LogP contribution in [0, 0.1) is 0 Å². The van der Waals surface area contributed by atoms with Gasteiger partial charge in [0.2, 0.25) is 11.8 Å². The molecule has 7 nitrogen and oxygen atoms in total. The fourth-order valence-corrected chi connectivity index (χ4v) is 1.52. The maximum atomic E-state index is 12.0. The predicted molar refractivity (Wildman–Crippen MR) is 55.7 cm³/mol. The van der Waals surface area contributed by atoms with Crippen molar-refractivity contribution in [3.05, 3.63) is 24.3 Å². The number of nitrogens with zero attached hydrogens (tertiary/aromatic N) is 3. The largest absolute Gasteiger partial charge is 0.316 e. The zero-order valence-electron chi connectivity index (χ0n) is 9.08. The summed E-state index contributed by atoms with van der Waals surface area (Å²) in [6.07, 6.45) is 4.12. The minimum Gasteiger partial charge on any atom is -0.316 e. The van der Waals surface area contributed by atoms with E-state index in [-0.39, 0.29) is 12.2 Å². The van der Waals surface area contributed by atoms with E-state index in [1.54, 1.807) is 6.92 Å². The average Bonchev–Trinajstić information content (AvgIpc) is 2.34. The summed E-state index contributed by atoms with van der Waals surface area (Å²) in [7, 11) is 0. The molecule has 88 valence electrons. The third kappa shape index (κ3) is 2.12. The maximum absolute atomic E-state index is 12.0. The molecule has 0 aliphatic carbocycles. The lowest BCUT2D eigenvalue weighted by Crippen LogP contribution is -2.58. The molecular weight excluding hydrogens is 224 g/mol. The summed E-state index contributed by atoms with van der Waals surface area (Å²) in [5.41, 5.74) is 0.113. The van der Waals surface area contributed by atoms with Gasteiger partial charge in [-0.25, -0.2) is 4.98 Å². The molecular formula is C10H10N4O3. The number of carbonyl (C=O) groups excluding carboxylic acids is 3. The molecule has 3 amide bonds. The molecule has 7 heteroatoms. The van der Waals surface area contributed by atoms with Crippen LogP contribution < -0.4 is 5.32 Å². The van der Waals surface area contributed by atoms with Crippen LogP contribution in [-0.2, 0) is 9.59 Å². The molecule has 0 bridgehead atoms. The first-order chi connectivity index (χ1) is 8.09. The Labute approximate surface area is 96.8 Å². The van der Waals surface area contributed by atoms with E-state index in [0.717, 1.165) is 0 Å². The van der Waals surface area contributed by atoms with E-state index in [1.807, 2.05) is 0 Å². The Bertz CT molecular complexity index is 474. The highest BCUT2D eigenvalue weighted by atomic mass is 16.2. The Balaban J connectivity index is 2.24. The van der Waals surface area contributed by atoms with Crippen molar-refractivity contribution in [2.24, 2.45) is 0 Å². The van der Waals surface area contributed by atoms with Gasteiger partial charge in [0.05, 0.1) is 6.20 Å². The number of piperazine rings is 1. The van der Waals surface area contributed by atoms with Gasteiger partial charge in [-0.05, 0) is 6.92 Å². The second-order valence-electron chi connectivity index (χ2n) is 3.61.